The molecule has 6 heteroatoms. The highest BCUT2D eigenvalue weighted by molar-refractivity contribution is 5.81. The highest BCUT2D eigenvalue weighted by Crippen LogP contribution is 2.20. The molecular formula is C13H22N4O2. The zero-order valence-corrected chi connectivity index (χ0v) is 12.1. The monoisotopic (exact) mass is 266 g/mol. The minimum Gasteiger partial charge on any atom is -0.388 e. The summed E-state index contributed by atoms with van der Waals surface area (Å²) in [6.07, 6.45) is 3.25. The minimum absolute atomic E-state index is 0.128. The number of amides is 1. The highest BCUT2D eigenvalue weighted by atomic mass is 16.3. The molecule has 0 spiro atoms. The Kier molecular flexibility index (Phi) is 4.47. The molecule has 0 atom stereocenters. The number of rotatable bonds is 5. The van der Waals surface area contributed by atoms with Gasteiger partial charge in [0, 0.05) is 19.4 Å². The van der Waals surface area contributed by atoms with Crippen LogP contribution in [0, 0.1) is 0 Å². The first-order valence-electron chi connectivity index (χ1n) is 6.15. The summed E-state index contributed by atoms with van der Waals surface area (Å²) < 4.78 is 0. The minimum atomic E-state index is -1.01. The van der Waals surface area contributed by atoms with Gasteiger partial charge in [0.25, 0.3) is 0 Å². The first-order chi connectivity index (χ1) is 8.63. The van der Waals surface area contributed by atoms with E-state index in [0.29, 0.717) is 5.95 Å². The first kappa shape index (κ1) is 15.4. The van der Waals surface area contributed by atoms with Crippen LogP contribution in [0.2, 0.25) is 0 Å². The third-order valence-electron chi connectivity index (χ3n) is 3.26. The lowest BCUT2D eigenvalue weighted by Gasteiger charge is -2.38. The number of carbonyl (C=O) groups excluding carboxylic acids is 1. The van der Waals surface area contributed by atoms with Crippen LogP contribution in [-0.4, -0.2) is 45.7 Å². The second-order valence-corrected chi connectivity index (χ2v) is 5.64. The molecular weight excluding hydrogens is 244 g/mol. The fourth-order valence-corrected chi connectivity index (χ4v) is 1.32. The number of nitrogens with zero attached hydrogens (tertiary/aromatic N) is 3. The normalized spacial score (nSPS) is 12.1. The van der Waals surface area contributed by atoms with Crippen molar-refractivity contribution in [3.63, 3.8) is 0 Å². The number of carbonyl (C=O) groups is 1. The lowest BCUT2D eigenvalue weighted by atomic mass is 9.86. The Hall–Kier alpha value is -1.69. The molecule has 1 heterocycles. The Morgan fingerprint density at radius 2 is 1.84 bits per heavy atom. The molecule has 2 N–H and O–H groups in total. The maximum absolute atomic E-state index is 12.0. The van der Waals surface area contributed by atoms with Crippen molar-refractivity contribution < 1.29 is 9.90 Å². The zero-order valence-electron chi connectivity index (χ0n) is 12.1. The second kappa shape index (κ2) is 5.52. The summed E-state index contributed by atoms with van der Waals surface area (Å²) in [4.78, 5) is 21.7. The predicted molar refractivity (Wildman–Crippen MR) is 73.8 cm³/mol. The van der Waals surface area contributed by atoms with Gasteiger partial charge in [0.05, 0.1) is 17.7 Å². The summed E-state index contributed by atoms with van der Waals surface area (Å²) in [6, 6.07) is 1.72. The molecule has 1 amide bonds. The van der Waals surface area contributed by atoms with E-state index in [1.165, 1.54) is 0 Å². The van der Waals surface area contributed by atoms with Crippen LogP contribution < -0.4 is 10.2 Å². The van der Waals surface area contributed by atoms with Crippen molar-refractivity contribution in [1.82, 2.24) is 15.3 Å². The second-order valence-electron chi connectivity index (χ2n) is 5.64. The number of likely N-dealkylation sites (N-methyl/N-ethyl adjacent to an activating group) is 1. The fraction of sp³-hybridized carbons (Fsp3) is 0.615. The number of hydrogen-bond acceptors (Lipinski definition) is 5. The van der Waals surface area contributed by atoms with Gasteiger partial charge >= 0.3 is 0 Å². The zero-order chi connectivity index (χ0) is 14.7. The van der Waals surface area contributed by atoms with Crippen molar-refractivity contribution in [1.29, 1.82) is 0 Å². The van der Waals surface area contributed by atoms with E-state index in [2.05, 4.69) is 15.3 Å². The molecule has 0 fully saturated rings. The van der Waals surface area contributed by atoms with E-state index >= 15 is 0 Å². The molecule has 106 valence electrons. The van der Waals surface area contributed by atoms with E-state index in [0.717, 1.165) is 0 Å². The topological polar surface area (TPSA) is 78.4 Å². The summed E-state index contributed by atoms with van der Waals surface area (Å²) in [6.45, 7) is 7.02. The quantitative estimate of drug-likeness (QED) is 0.815. The van der Waals surface area contributed by atoms with Gasteiger partial charge in [-0.15, -0.1) is 0 Å². The van der Waals surface area contributed by atoms with Gasteiger partial charge in [0.2, 0.25) is 11.9 Å². The van der Waals surface area contributed by atoms with Gasteiger partial charge in [0.15, 0.2) is 0 Å². The molecule has 0 aromatic carbocycles. The summed E-state index contributed by atoms with van der Waals surface area (Å²) in [5.74, 6) is 0.292. The third kappa shape index (κ3) is 4.17. The van der Waals surface area contributed by atoms with Crippen LogP contribution in [0.4, 0.5) is 5.95 Å². The molecule has 1 aromatic heterocycles. The average Bonchev–Trinajstić information content (AvgIpc) is 2.27. The Morgan fingerprint density at radius 3 is 2.32 bits per heavy atom. The molecule has 0 saturated carbocycles. The Balaban J connectivity index is 2.62. The van der Waals surface area contributed by atoms with Crippen LogP contribution >= 0.6 is 0 Å². The number of nitrogens with one attached hydrogen (secondary N) is 1. The Bertz CT molecular complexity index is 426. The van der Waals surface area contributed by atoms with Crippen LogP contribution in [0.25, 0.3) is 0 Å². The highest BCUT2D eigenvalue weighted by Gasteiger charge is 2.36. The third-order valence-corrected chi connectivity index (χ3v) is 3.26. The van der Waals surface area contributed by atoms with Crippen LogP contribution in [0.1, 0.15) is 27.7 Å². The molecule has 0 aliphatic carbocycles. The number of aliphatic hydroxyl groups is 1. The smallest absolute Gasteiger partial charge is 0.240 e. The van der Waals surface area contributed by atoms with E-state index in [9.17, 15) is 9.90 Å². The van der Waals surface area contributed by atoms with Crippen LogP contribution in [0.3, 0.4) is 0 Å². The first-order valence-corrected chi connectivity index (χ1v) is 6.15. The van der Waals surface area contributed by atoms with Crippen molar-refractivity contribution in [3.05, 3.63) is 18.5 Å². The fourth-order valence-electron chi connectivity index (χ4n) is 1.32. The summed E-state index contributed by atoms with van der Waals surface area (Å²) >= 11 is 0. The SMILES string of the molecule is CN(CC(=O)NC(C)(C)C(C)(C)O)c1ncccn1. The molecule has 0 radical (unpaired) electrons. The van der Waals surface area contributed by atoms with Gasteiger partial charge in [-0.2, -0.15) is 0 Å². The predicted octanol–water partition coefficient (Wildman–Crippen LogP) is 0.578. The van der Waals surface area contributed by atoms with Crippen molar-refractivity contribution in [2.45, 2.75) is 38.8 Å². The molecule has 1 rings (SSSR count). The lowest BCUT2D eigenvalue weighted by Crippen LogP contribution is -2.59. The van der Waals surface area contributed by atoms with E-state index in [1.54, 1.807) is 58.1 Å². The van der Waals surface area contributed by atoms with Crippen molar-refractivity contribution in [2.75, 3.05) is 18.5 Å². The molecule has 0 aliphatic heterocycles. The van der Waals surface area contributed by atoms with Gasteiger partial charge in [-0.3, -0.25) is 4.79 Å². The Labute approximate surface area is 113 Å². The van der Waals surface area contributed by atoms with Crippen LogP contribution in [0.5, 0.6) is 0 Å². The van der Waals surface area contributed by atoms with E-state index in [1.807, 2.05) is 0 Å². The number of hydrogen-bond donors (Lipinski definition) is 2. The van der Waals surface area contributed by atoms with E-state index in [4.69, 9.17) is 0 Å². The number of aromatic nitrogens is 2. The van der Waals surface area contributed by atoms with Crippen molar-refractivity contribution in [3.8, 4) is 0 Å². The van der Waals surface area contributed by atoms with Gasteiger partial charge in [-0.25, -0.2) is 9.97 Å². The number of anilines is 1. The molecule has 0 unspecified atom stereocenters. The van der Waals surface area contributed by atoms with E-state index < -0.39 is 11.1 Å². The van der Waals surface area contributed by atoms with Crippen molar-refractivity contribution in [2.24, 2.45) is 0 Å². The molecule has 0 bridgehead atoms. The maximum Gasteiger partial charge on any atom is 0.240 e. The molecule has 6 nitrogen and oxygen atoms in total. The summed E-state index contributed by atoms with van der Waals surface area (Å²) in [5.41, 5.74) is -1.73. The standard InChI is InChI=1S/C13H22N4O2/c1-12(2,13(3,4)19)16-10(18)9-17(5)11-14-7-6-8-15-11/h6-8,19H,9H2,1-5H3,(H,16,18). The summed E-state index contributed by atoms with van der Waals surface area (Å²) in [5, 5.41) is 12.8. The lowest BCUT2D eigenvalue weighted by molar-refractivity contribution is -0.124. The molecule has 1 aromatic rings. The van der Waals surface area contributed by atoms with Gasteiger partial charge in [-0.1, -0.05) is 0 Å². The molecule has 19 heavy (non-hydrogen) atoms. The molecule has 0 aliphatic rings. The van der Waals surface area contributed by atoms with Gasteiger partial charge in [-0.05, 0) is 33.8 Å². The van der Waals surface area contributed by atoms with Crippen LogP contribution in [-0.2, 0) is 4.79 Å². The van der Waals surface area contributed by atoms with Crippen molar-refractivity contribution >= 4 is 11.9 Å². The largest absolute Gasteiger partial charge is 0.388 e. The van der Waals surface area contributed by atoms with Gasteiger partial charge < -0.3 is 15.3 Å². The van der Waals surface area contributed by atoms with Gasteiger partial charge in [0.1, 0.15) is 0 Å². The Morgan fingerprint density at radius 1 is 1.32 bits per heavy atom. The average molecular weight is 266 g/mol. The summed E-state index contributed by atoms with van der Waals surface area (Å²) in [7, 11) is 1.74. The van der Waals surface area contributed by atoms with E-state index in [-0.39, 0.29) is 12.5 Å². The maximum atomic E-state index is 12.0. The molecule has 0 saturated heterocycles. The van der Waals surface area contributed by atoms with Crippen LogP contribution in [0.15, 0.2) is 18.5 Å².